The average molecular weight is 451 g/mol. The van der Waals surface area contributed by atoms with Gasteiger partial charge in [0.15, 0.2) is 12.2 Å². The normalized spacial score (nSPS) is 37.8. The predicted molar refractivity (Wildman–Crippen MR) is 96.5 cm³/mol. The molecule has 31 heavy (non-hydrogen) atoms. The van der Waals surface area contributed by atoms with Crippen molar-refractivity contribution in [1.29, 1.82) is 0 Å². The molecule has 8 atom stereocenters. The molecule has 4 fully saturated rings. The number of nitrogens with two attached hydrogens (primary N) is 1. The van der Waals surface area contributed by atoms with Gasteiger partial charge in [0, 0.05) is 13.1 Å². The van der Waals surface area contributed by atoms with Gasteiger partial charge >= 0.3 is 0 Å². The van der Waals surface area contributed by atoms with Gasteiger partial charge in [0.25, 0.3) is 10.2 Å². The van der Waals surface area contributed by atoms with Crippen molar-refractivity contribution in [2.75, 3.05) is 39.5 Å². The van der Waals surface area contributed by atoms with E-state index >= 15 is 0 Å². The second kappa shape index (κ2) is 10.8. The summed E-state index contributed by atoms with van der Waals surface area (Å²) < 4.78 is 21.4. The van der Waals surface area contributed by atoms with E-state index in [-0.39, 0.29) is 43.6 Å². The second-order valence-corrected chi connectivity index (χ2v) is 7.22. The summed E-state index contributed by atoms with van der Waals surface area (Å²) in [6.07, 6.45) is -1.97. The third kappa shape index (κ3) is 5.86. The predicted octanol–water partition coefficient (Wildman–Crippen LogP) is -3.25. The van der Waals surface area contributed by atoms with Crippen molar-refractivity contribution in [2.45, 2.75) is 48.7 Å². The van der Waals surface area contributed by atoms with E-state index in [9.17, 15) is 25.0 Å². The summed E-state index contributed by atoms with van der Waals surface area (Å²) in [5.41, 5.74) is 5.64. The van der Waals surface area contributed by atoms with Crippen LogP contribution in [0.1, 0.15) is 0 Å². The van der Waals surface area contributed by atoms with Gasteiger partial charge in [-0.1, -0.05) is 0 Å². The first-order valence-corrected chi connectivity index (χ1v) is 9.65. The molecule has 0 aromatic carbocycles. The number of amides is 1. The Balaban J connectivity index is 0.000000185. The van der Waals surface area contributed by atoms with E-state index in [1.807, 2.05) is 0 Å². The maximum atomic E-state index is 10.3. The van der Waals surface area contributed by atoms with Gasteiger partial charge in [-0.05, 0) is 0 Å². The molecule has 1 amide bonds. The lowest BCUT2D eigenvalue weighted by Crippen LogP contribution is -2.43. The highest BCUT2D eigenvalue weighted by Crippen LogP contribution is 2.29. The molecular formula is C15H25N5O11. The van der Waals surface area contributed by atoms with Crippen LogP contribution in [0, 0.1) is 20.2 Å². The van der Waals surface area contributed by atoms with Gasteiger partial charge < -0.3 is 45.0 Å². The quantitative estimate of drug-likeness (QED) is 0.136. The first-order valence-electron chi connectivity index (χ1n) is 9.65. The van der Waals surface area contributed by atoms with Gasteiger partial charge in [-0.25, -0.2) is 0 Å². The van der Waals surface area contributed by atoms with Crippen molar-refractivity contribution >= 4 is 6.41 Å². The molecule has 0 aromatic heterocycles. The lowest BCUT2D eigenvalue weighted by molar-refractivity contribution is -0.769. The monoisotopic (exact) mass is 451 g/mol. The van der Waals surface area contributed by atoms with Crippen molar-refractivity contribution in [2.24, 2.45) is 5.73 Å². The van der Waals surface area contributed by atoms with Gasteiger partial charge in [0.1, 0.15) is 24.4 Å². The van der Waals surface area contributed by atoms with Crippen LogP contribution in [0.4, 0.5) is 0 Å². The third-order valence-corrected chi connectivity index (χ3v) is 5.26. The zero-order chi connectivity index (χ0) is 22.4. The van der Waals surface area contributed by atoms with Crippen LogP contribution in [0.5, 0.6) is 0 Å². The Labute approximate surface area is 175 Å². The molecule has 0 aliphatic carbocycles. The van der Waals surface area contributed by atoms with Crippen molar-refractivity contribution in [3.8, 4) is 0 Å². The van der Waals surface area contributed by atoms with Crippen LogP contribution < -0.4 is 16.4 Å². The van der Waals surface area contributed by atoms with E-state index in [0.717, 1.165) is 0 Å². The van der Waals surface area contributed by atoms with Gasteiger partial charge in [0.2, 0.25) is 6.41 Å². The molecule has 176 valence electrons. The summed E-state index contributed by atoms with van der Waals surface area (Å²) in [5, 5.41) is 24.4. The molecule has 4 rings (SSSR count). The van der Waals surface area contributed by atoms with Crippen molar-refractivity contribution < 1.29 is 43.6 Å². The summed E-state index contributed by atoms with van der Waals surface area (Å²) in [5.74, 6) is 0. The standard InChI is InChI=1S/C9H15N3O6.C6H10N2O5/c13-5-10-1-2-11-6-3-16-9-7(18-12(14)15)4-17-8(6)9;7-3-1-11-6-4(13-8(9)10)2-12-5(3)6/h5-9,11H,1-4H2,(H,10,13);3-6H,1-2,7H2/t6-,7+,8-,9-;3-,4+,5-,6-/m11/s1. The van der Waals surface area contributed by atoms with E-state index in [2.05, 4.69) is 20.3 Å². The Morgan fingerprint density at radius 1 is 0.871 bits per heavy atom. The summed E-state index contributed by atoms with van der Waals surface area (Å²) in [6, 6.07) is -0.242. The van der Waals surface area contributed by atoms with Gasteiger partial charge in [-0.2, -0.15) is 0 Å². The molecule has 4 N–H and O–H groups in total. The summed E-state index contributed by atoms with van der Waals surface area (Å²) in [6.45, 7) is 2.19. The van der Waals surface area contributed by atoms with Gasteiger partial charge in [-0.3, -0.25) is 4.79 Å². The molecule has 16 nitrogen and oxygen atoms in total. The molecule has 0 aromatic rings. The highest BCUT2D eigenvalue weighted by molar-refractivity contribution is 5.45. The van der Waals surface area contributed by atoms with E-state index in [4.69, 9.17) is 24.7 Å². The molecular weight excluding hydrogens is 426 g/mol. The minimum absolute atomic E-state index is 0.0381. The molecule has 0 saturated carbocycles. The van der Waals surface area contributed by atoms with Crippen LogP contribution in [-0.2, 0) is 33.4 Å². The van der Waals surface area contributed by atoms with E-state index in [1.165, 1.54) is 0 Å². The smallest absolute Gasteiger partial charge is 0.294 e. The number of hydrogen-bond acceptors (Lipinski definition) is 13. The Hall–Kier alpha value is -2.37. The van der Waals surface area contributed by atoms with Crippen molar-refractivity contribution in [3.63, 3.8) is 0 Å². The fourth-order valence-corrected chi connectivity index (χ4v) is 3.92. The van der Waals surface area contributed by atoms with E-state index in [1.54, 1.807) is 0 Å². The number of nitrogens with one attached hydrogen (secondary N) is 2. The zero-order valence-corrected chi connectivity index (χ0v) is 16.4. The lowest BCUT2D eigenvalue weighted by atomic mass is 10.1. The third-order valence-electron chi connectivity index (χ3n) is 5.26. The number of nitrogens with zero attached hydrogens (tertiary/aromatic N) is 2. The molecule has 0 spiro atoms. The SMILES string of the molecule is N[C@@H]1CO[C@H]2[C@@H]1OC[C@@H]2O[N+](=O)[O-].O=CNCCN[C@@H]1CO[C@H]2[C@@H]1OC[C@@H]2O[N+](=O)[O-]. The molecule has 4 saturated heterocycles. The fraction of sp³-hybridized carbons (Fsp3) is 0.933. The van der Waals surface area contributed by atoms with Crippen LogP contribution in [0.3, 0.4) is 0 Å². The summed E-state index contributed by atoms with van der Waals surface area (Å²) in [7, 11) is 0. The Morgan fingerprint density at radius 3 is 2.03 bits per heavy atom. The van der Waals surface area contributed by atoms with Gasteiger partial charge in [0.05, 0.1) is 38.5 Å². The number of carbonyl (C=O) groups is 1. The highest BCUT2D eigenvalue weighted by Gasteiger charge is 2.49. The molecule has 16 heteroatoms. The zero-order valence-electron chi connectivity index (χ0n) is 16.4. The maximum absolute atomic E-state index is 10.3. The number of fused-ring (bicyclic) bond motifs is 2. The molecule has 4 aliphatic heterocycles. The topological polar surface area (TPSA) is 209 Å². The molecule has 0 unspecified atom stereocenters. The van der Waals surface area contributed by atoms with E-state index in [0.29, 0.717) is 32.7 Å². The molecule has 0 radical (unpaired) electrons. The first kappa shape index (κ1) is 23.3. The average Bonchev–Trinajstić information content (AvgIpc) is 3.46. The van der Waals surface area contributed by atoms with Crippen molar-refractivity contribution in [3.05, 3.63) is 20.2 Å². The molecule has 4 heterocycles. The maximum Gasteiger partial charge on any atom is 0.294 e. The van der Waals surface area contributed by atoms with Crippen LogP contribution in [0.15, 0.2) is 0 Å². The Morgan fingerprint density at radius 2 is 1.42 bits per heavy atom. The fourth-order valence-electron chi connectivity index (χ4n) is 3.92. The summed E-state index contributed by atoms with van der Waals surface area (Å²) in [4.78, 5) is 39.3. The number of rotatable bonds is 9. The minimum Gasteiger partial charge on any atom is -0.371 e. The Bertz CT molecular complexity index is 642. The van der Waals surface area contributed by atoms with Gasteiger partial charge in [-0.15, -0.1) is 20.2 Å². The van der Waals surface area contributed by atoms with Crippen LogP contribution in [0.25, 0.3) is 0 Å². The molecule has 0 bridgehead atoms. The molecule has 4 aliphatic rings. The largest absolute Gasteiger partial charge is 0.371 e. The lowest BCUT2D eigenvalue weighted by Gasteiger charge is -2.17. The number of hydrogen-bond donors (Lipinski definition) is 3. The van der Waals surface area contributed by atoms with E-state index < -0.39 is 28.5 Å². The summed E-state index contributed by atoms with van der Waals surface area (Å²) >= 11 is 0. The number of ether oxygens (including phenoxy) is 4. The van der Waals surface area contributed by atoms with Crippen LogP contribution in [-0.4, -0.2) is 105 Å². The van der Waals surface area contributed by atoms with Crippen LogP contribution in [0.2, 0.25) is 0 Å². The number of carbonyl (C=O) groups excluding carboxylic acids is 1. The van der Waals surface area contributed by atoms with Crippen LogP contribution >= 0.6 is 0 Å². The second-order valence-electron chi connectivity index (χ2n) is 7.22. The minimum atomic E-state index is -0.830. The Kier molecular flexibility index (Phi) is 8.10. The van der Waals surface area contributed by atoms with Crippen molar-refractivity contribution in [1.82, 2.24) is 10.6 Å². The highest BCUT2D eigenvalue weighted by atomic mass is 17.0. The first-order chi connectivity index (χ1) is 14.9.